The molecule has 0 radical (unpaired) electrons. The molecule has 0 spiro atoms. The van der Waals surface area contributed by atoms with Crippen molar-refractivity contribution in [3.05, 3.63) is 11.8 Å². The van der Waals surface area contributed by atoms with Crippen LogP contribution in [0, 0.1) is 5.92 Å². The zero-order valence-electron chi connectivity index (χ0n) is 8.89. The van der Waals surface area contributed by atoms with Gasteiger partial charge in [0, 0.05) is 18.8 Å². The minimum atomic E-state index is -1.80. The summed E-state index contributed by atoms with van der Waals surface area (Å²) in [7, 11) is 0. The Hall–Kier alpha value is -0.930. The summed E-state index contributed by atoms with van der Waals surface area (Å²) in [4.78, 5) is 11.4. The van der Waals surface area contributed by atoms with Crippen LogP contribution in [0.4, 0.5) is 8.78 Å². The minimum absolute atomic E-state index is 0.0645. The van der Waals surface area contributed by atoms with Crippen LogP contribution in [0.2, 0.25) is 0 Å². The first kappa shape index (κ1) is 12.1. The van der Waals surface area contributed by atoms with E-state index in [0.29, 0.717) is 12.8 Å². The Morgan fingerprint density at radius 3 is 2.73 bits per heavy atom. The highest BCUT2D eigenvalue weighted by atomic mass is 19.3. The molecule has 1 rings (SSSR count). The van der Waals surface area contributed by atoms with E-state index in [1.54, 1.807) is 6.92 Å². The Kier molecular flexibility index (Phi) is 4.72. The lowest BCUT2D eigenvalue weighted by atomic mass is 9.85. The number of ketones is 1. The van der Waals surface area contributed by atoms with Gasteiger partial charge in [-0.2, -0.15) is 8.78 Å². The monoisotopic (exact) mass is 218 g/mol. The van der Waals surface area contributed by atoms with Gasteiger partial charge < -0.3 is 4.74 Å². The molecule has 0 aromatic carbocycles. The summed E-state index contributed by atoms with van der Waals surface area (Å²) in [6.07, 6.45) is 1.34. The normalized spacial score (nSPS) is 21.3. The molecule has 2 nitrogen and oxygen atoms in total. The predicted molar refractivity (Wildman–Crippen MR) is 52.5 cm³/mol. The zero-order valence-corrected chi connectivity index (χ0v) is 8.89. The number of rotatable bonds is 4. The molecule has 0 aliphatic heterocycles. The second kappa shape index (κ2) is 5.83. The van der Waals surface area contributed by atoms with Gasteiger partial charge in [-0.15, -0.1) is 0 Å². The molecule has 1 aliphatic rings. The van der Waals surface area contributed by atoms with Gasteiger partial charge in [-0.3, -0.25) is 4.79 Å². The van der Waals surface area contributed by atoms with Crippen LogP contribution in [-0.4, -0.2) is 12.4 Å². The van der Waals surface area contributed by atoms with E-state index in [1.807, 2.05) is 0 Å². The van der Waals surface area contributed by atoms with Crippen molar-refractivity contribution in [3.63, 3.8) is 0 Å². The van der Waals surface area contributed by atoms with Crippen molar-refractivity contribution in [2.24, 2.45) is 5.92 Å². The molecule has 15 heavy (non-hydrogen) atoms. The molecule has 0 aromatic heterocycles. The number of allylic oxidation sites excluding steroid dienone is 1. The van der Waals surface area contributed by atoms with Crippen LogP contribution in [0.3, 0.4) is 0 Å². The Morgan fingerprint density at radius 2 is 2.20 bits per heavy atom. The van der Waals surface area contributed by atoms with E-state index >= 15 is 0 Å². The summed E-state index contributed by atoms with van der Waals surface area (Å²) in [6, 6.07) is 0. The van der Waals surface area contributed by atoms with E-state index in [2.05, 4.69) is 0 Å². The Bertz CT molecular complexity index is 257. The topological polar surface area (TPSA) is 26.3 Å². The summed E-state index contributed by atoms with van der Waals surface area (Å²) in [6.45, 7) is 1.87. The number of hydrogen-bond donors (Lipinski definition) is 0. The van der Waals surface area contributed by atoms with Crippen LogP contribution in [-0.2, 0) is 9.53 Å². The average Bonchev–Trinajstić information content (AvgIpc) is 2.20. The van der Waals surface area contributed by atoms with Crippen molar-refractivity contribution >= 4 is 5.78 Å². The predicted octanol–water partition coefficient (Wildman–Crippen LogP) is 3.28. The molecular weight excluding hydrogens is 202 g/mol. The number of Topliss-reactive ketones (excluding diaryl/α,β-unsaturated/α-hetero) is 1. The van der Waals surface area contributed by atoms with Crippen molar-refractivity contribution in [1.29, 1.82) is 0 Å². The van der Waals surface area contributed by atoms with E-state index < -0.39 is 6.08 Å². The molecule has 86 valence electrons. The number of ether oxygens (including phenoxy) is 1. The van der Waals surface area contributed by atoms with Gasteiger partial charge >= 0.3 is 6.08 Å². The van der Waals surface area contributed by atoms with Crippen LogP contribution >= 0.6 is 0 Å². The minimum Gasteiger partial charge on any atom is -0.493 e. The van der Waals surface area contributed by atoms with Crippen molar-refractivity contribution in [2.45, 2.75) is 39.0 Å². The maximum Gasteiger partial charge on any atom is 0.307 e. The van der Waals surface area contributed by atoms with Gasteiger partial charge in [0.2, 0.25) is 0 Å². The average molecular weight is 218 g/mol. The molecular formula is C11H16F2O2. The van der Waals surface area contributed by atoms with Gasteiger partial charge in [-0.05, 0) is 19.8 Å². The number of carbonyl (C=O) groups excluding carboxylic acids is 1. The first-order chi connectivity index (χ1) is 7.15. The summed E-state index contributed by atoms with van der Waals surface area (Å²) in [5, 5.41) is 0. The zero-order chi connectivity index (χ0) is 11.3. The van der Waals surface area contributed by atoms with E-state index in [9.17, 15) is 13.6 Å². The highest BCUT2D eigenvalue weighted by molar-refractivity contribution is 5.81. The third kappa shape index (κ3) is 3.61. The SMILES string of the molecule is CCOC(CC1CCCCC1=O)=C(F)F. The number of carbonyl (C=O) groups is 1. The molecule has 0 amide bonds. The van der Waals surface area contributed by atoms with E-state index in [-0.39, 0.29) is 30.5 Å². The fourth-order valence-electron chi connectivity index (χ4n) is 1.86. The summed E-state index contributed by atoms with van der Waals surface area (Å²) >= 11 is 0. The fraction of sp³-hybridized carbons (Fsp3) is 0.727. The third-order valence-electron chi connectivity index (χ3n) is 2.64. The lowest BCUT2D eigenvalue weighted by molar-refractivity contribution is -0.124. The van der Waals surface area contributed by atoms with E-state index in [4.69, 9.17) is 4.74 Å². The highest BCUT2D eigenvalue weighted by Gasteiger charge is 2.25. The molecule has 0 bridgehead atoms. The third-order valence-corrected chi connectivity index (χ3v) is 2.64. The molecule has 1 unspecified atom stereocenters. The summed E-state index contributed by atoms with van der Waals surface area (Å²) < 4.78 is 29.7. The molecule has 0 aromatic rings. The molecule has 1 atom stereocenters. The van der Waals surface area contributed by atoms with Gasteiger partial charge in [-0.25, -0.2) is 0 Å². The van der Waals surface area contributed by atoms with Crippen LogP contribution in [0.5, 0.6) is 0 Å². The number of hydrogen-bond acceptors (Lipinski definition) is 2. The van der Waals surface area contributed by atoms with E-state index in [0.717, 1.165) is 12.8 Å². The highest BCUT2D eigenvalue weighted by Crippen LogP contribution is 2.28. The van der Waals surface area contributed by atoms with Crippen LogP contribution in [0.25, 0.3) is 0 Å². The van der Waals surface area contributed by atoms with Gasteiger partial charge in [0.1, 0.15) is 5.78 Å². The fourth-order valence-corrected chi connectivity index (χ4v) is 1.86. The largest absolute Gasteiger partial charge is 0.493 e. The van der Waals surface area contributed by atoms with Gasteiger partial charge in [0.05, 0.1) is 6.61 Å². The van der Waals surface area contributed by atoms with E-state index in [1.165, 1.54) is 0 Å². The van der Waals surface area contributed by atoms with Gasteiger partial charge in [0.15, 0.2) is 5.76 Å². The maximum atomic E-state index is 12.4. The molecule has 1 fully saturated rings. The quantitative estimate of drug-likeness (QED) is 0.677. The standard InChI is InChI=1S/C11H16F2O2/c1-2-15-10(11(12)13)7-8-5-3-4-6-9(8)14/h8H,2-7H2,1H3. The van der Waals surface area contributed by atoms with Crippen molar-refractivity contribution < 1.29 is 18.3 Å². The smallest absolute Gasteiger partial charge is 0.307 e. The summed E-state index contributed by atoms with van der Waals surface area (Å²) in [5.41, 5.74) is 0. The molecule has 4 heteroatoms. The first-order valence-electron chi connectivity index (χ1n) is 5.34. The molecule has 0 N–H and O–H groups in total. The summed E-state index contributed by atoms with van der Waals surface area (Å²) in [5.74, 6) is -0.473. The van der Waals surface area contributed by atoms with Crippen LogP contribution in [0.15, 0.2) is 11.8 Å². The first-order valence-corrected chi connectivity index (χ1v) is 5.34. The Labute approximate surface area is 88.3 Å². The van der Waals surface area contributed by atoms with Crippen LogP contribution in [0.1, 0.15) is 39.0 Å². The van der Waals surface area contributed by atoms with Gasteiger partial charge in [-0.1, -0.05) is 6.42 Å². The lowest BCUT2D eigenvalue weighted by Gasteiger charge is -2.21. The Balaban J connectivity index is 2.57. The van der Waals surface area contributed by atoms with Crippen molar-refractivity contribution in [2.75, 3.05) is 6.61 Å². The second-order valence-corrected chi connectivity index (χ2v) is 3.73. The van der Waals surface area contributed by atoms with Gasteiger partial charge in [0.25, 0.3) is 0 Å². The molecule has 0 saturated heterocycles. The second-order valence-electron chi connectivity index (χ2n) is 3.73. The lowest BCUT2D eigenvalue weighted by Crippen LogP contribution is -2.20. The van der Waals surface area contributed by atoms with Crippen molar-refractivity contribution in [1.82, 2.24) is 0 Å². The Morgan fingerprint density at radius 1 is 1.47 bits per heavy atom. The molecule has 1 aliphatic carbocycles. The molecule has 1 saturated carbocycles. The molecule has 0 heterocycles. The maximum absolute atomic E-state index is 12.4. The van der Waals surface area contributed by atoms with Crippen molar-refractivity contribution in [3.8, 4) is 0 Å². The van der Waals surface area contributed by atoms with Crippen LogP contribution < -0.4 is 0 Å². The number of halogens is 2.